The van der Waals surface area contributed by atoms with Crippen molar-refractivity contribution in [1.29, 1.82) is 0 Å². The summed E-state index contributed by atoms with van der Waals surface area (Å²) in [5.41, 5.74) is 1.87. The molecular formula is C29H32F3N5O3. The number of ether oxygens (including phenoxy) is 2. The van der Waals surface area contributed by atoms with Crippen LogP contribution >= 0.6 is 0 Å². The van der Waals surface area contributed by atoms with Crippen LogP contribution in [-0.2, 0) is 10.3 Å². The van der Waals surface area contributed by atoms with E-state index >= 15 is 0 Å². The van der Waals surface area contributed by atoms with E-state index in [1.54, 1.807) is 45.0 Å². The van der Waals surface area contributed by atoms with Crippen LogP contribution in [0.1, 0.15) is 68.4 Å². The largest absolute Gasteiger partial charge is 0.456 e. The highest BCUT2D eigenvalue weighted by Crippen LogP contribution is 2.48. The Hall–Kier alpha value is -4.15. The first-order chi connectivity index (χ1) is 18.8. The Labute approximate surface area is 231 Å². The Kier molecular flexibility index (Phi) is 8.32. The summed E-state index contributed by atoms with van der Waals surface area (Å²) in [6.45, 7) is 5.85. The zero-order chi connectivity index (χ0) is 29.0. The topological polar surface area (TPSA) is 98.3 Å². The van der Waals surface area contributed by atoms with Gasteiger partial charge in [0.25, 0.3) is 0 Å². The first-order valence-electron chi connectivity index (χ1n) is 13.0. The minimum absolute atomic E-state index is 0.0180. The number of carbonyl (C=O) groups is 1. The lowest BCUT2D eigenvalue weighted by Gasteiger charge is -2.20. The van der Waals surface area contributed by atoms with Crippen LogP contribution in [0.25, 0.3) is 6.08 Å². The van der Waals surface area contributed by atoms with Gasteiger partial charge >= 0.3 is 18.2 Å². The molecule has 1 aliphatic rings. The summed E-state index contributed by atoms with van der Waals surface area (Å²) in [6.07, 6.45) is 2.11. The summed E-state index contributed by atoms with van der Waals surface area (Å²) in [5.74, 6) is -0.416. The molecule has 0 atom stereocenters. The van der Waals surface area contributed by atoms with Crippen molar-refractivity contribution in [3.05, 3.63) is 71.3 Å². The number of halogens is 3. The van der Waals surface area contributed by atoms with E-state index in [0.29, 0.717) is 11.3 Å². The van der Waals surface area contributed by atoms with Gasteiger partial charge in [0.05, 0.1) is 11.1 Å². The van der Waals surface area contributed by atoms with Crippen molar-refractivity contribution in [2.24, 2.45) is 0 Å². The average Bonchev–Trinajstić information content (AvgIpc) is 3.66. The summed E-state index contributed by atoms with van der Waals surface area (Å²) in [7, 11) is 0. The summed E-state index contributed by atoms with van der Waals surface area (Å²) >= 11 is 0. The predicted molar refractivity (Wildman–Crippen MR) is 147 cm³/mol. The Morgan fingerprint density at radius 3 is 2.20 bits per heavy atom. The first kappa shape index (κ1) is 28.8. The molecule has 0 unspecified atom stereocenters. The van der Waals surface area contributed by atoms with Crippen molar-refractivity contribution < 1.29 is 27.4 Å². The van der Waals surface area contributed by atoms with Crippen molar-refractivity contribution in [3.8, 4) is 6.01 Å². The van der Waals surface area contributed by atoms with Gasteiger partial charge in [-0.05, 0) is 75.4 Å². The van der Waals surface area contributed by atoms with Crippen LogP contribution in [0.5, 0.6) is 6.01 Å². The van der Waals surface area contributed by atoms with Crippen molar-refractivity contribution in [3.63, 3.8) is 0 Å². The minimum Gasteiger partial charge on any atom is -0.456 e. The van der Waals surface area contributed by atoms with Crippen molar-refractivity contribution in [2.45, 2.75) is 64.3 Å². The molecule has 3 aromatic rings. The third-order valence-corrected chi connectivity index (χ3v) is 5.87. The maximum atomic E-state index is 12.8. The highest BCUT2D eigenvalue weighted by Gasteiger charge is 2.45. The normalized spacial score (nSPS) is 14.6. The monoisotopic (exact) mass is 555 g/mol. The number of rotatable bonds is 10. The molecule has 4 rings (SSSR count). The molecule has 0 amide bonds. The average molecular weight is 556 g/mol. The van der Waals surface area contributed by atoms with Crippen LogP contribution in [-0.4, -0.2) is 39.3 Å². The van der Waals surface area contributed by atoms with Gasteiger partial charge in [-0.3, -0.25) is 0 Å². The van der Waals surface area contributed by atoms with Crippen molar-refractivity contribution in [1.82, 2.24) is 15.0 Å². The fourth-order valence-electron chi connectivity index (χ4n) is 3.83. The van der Waals surface area contributed by atoms with Gasteiger partial charge in [-0.1, -0.05) is 43.3 Å². The van der Waals surface area contributed by atoms with Crippen molar-refractivity contribution >= 4 is 29.6 Å². The zero-order valence-electron chi connectivity index (χ0n) is 22.8. The number of hydrogen-bond donors (Lipinski definition) is 2. The molecule has 1 heterocycles. The van der Waals surface area contributed by atoms with Gasteiger partial charge in [0.15, 0.2) is 6.61 Å². The van der Waals surface area contributed by atoms with Gasteiger partial charge in [0, 0.05) is 5.69 Å². The van der Waals surface area contributed by atoms with Gasteiger partial charge in [0.2, 0.25) is 11.9 Å². The number of aromatic nitrogens is 3. The smallest absolute Gasteiger partial charge is 0.422 e. The quantitative estimate of drug-likeness (QED) is 0.257. The Morgan fingerprint density at radius 1 is 0.975 bits per heavy atom. The Bertz CT molecular complexity index is 1350. The lowest BCUT2D eigenvalue weighted by molar-refractivity contribution is -0.154. The van der Waals surface area contributed by atoms with E-state index in [-0.39, 0.29) is 11.9 Å². The SMILES string of the molecule is CC/C=C\c1ccc(C2(Nc3nc(Nc4ccc(C(=O)OC(C)(C)C)cc4)nc(OCC(F)(F)F)n3)CC2)cc1. The second kappa shape index (κ2) is 11.5. The van der Waals surface area contributed by atoms with Gasteiger partial charge < -0.3 is 20.1 Å². The minimum atomic E-state index is -4.56. The Morgan fingerprint density at radius 2 is 1.62 bits per heavy atom. The number of nitrogens with one attached hydrogen (secondary N) is 2. The number of allylic oxidation sites excluding steroid dienone is 1. The van der Waals surface area contributed by atoms with E-state index in [9.17, 15) is 18.0 Å². The number of hydrogen-bond acceptors (Lipinski definition) is 8. The molecule has 0 saturated heterocycles. The highest BCUT2D eigenvalue weighted by atomic mass is 19.4. The molecule has 1 fully saturated rings. The lowest BCUT2D eigenvalue weighted by Crippen LogP contribution is -2.23. The molecular weight excluding hydrogens is 523 g/mol. The van der Waals surface area contributed by atoms with Crippen LogP contribution in [0, 0.1) is 0 Å². The fourth-order valence-corrected chi connectivity index (χ4v) is 3.83. The summed E-state index contributed by atoms with van der Waals surface area (Å²) in [5, 5.41) is 6.22. The maximum Gasteiger partial charge on any atom is 0.422 e. The van der Waals surface area contributed by atoms with E-state index in [0.717, 1.165) is 30.4 Å². The van der Waals surface area contributed by atoms with Crippen LogP contribution in [0.3, 0.4) is 0 Å². The molecule has 11 heteroatoms. The number of benzene rings is 2. The van der Waals surface area contributed by atoms with Crippen LogP contribution in [0.4, 0.5) is 30.8 Å². The van der Waals surface area contributed by atoms with Gasteiger partial charge in [-0.25, -0.2) is 4.79 Å². The highest BCUT2D eigenvalue weighted by molar-refractivity contribution is 5.90. The molecule has 1 aliphatic carbocycles. The van der Waals surface area contributed by atoms with Gasteiger partial charge in [0.1, 0.15) is 5.60 Å². The number of nitrogens with zero attached hydrogens (tertiary/aromatic N) is 3. The molecule has 0 spiro atoms. The lowest BCUT2D eigenvalue weighted by atomic mass is 10.0. The predicted octanol–water partition coefficient (Wildman–Crippen LogP) is 7.04. The number of alkyl halides is 3. The molecule has 1 saturated carbocycles. The number of esters is 1. The summed E-state index contributed by atoms with van der Waals surface area (Å²) in [4.78, 5) is 24.8. The molecule has 40 heavy (non-hydrogen) atoms. The fraction of sp³-hybridized carbons (Fsp3) is 0.379. The van der Waals surface area contributed by atoms with E-state index in [1.807, 2.05) is 30.3 Å². The summed E-state index contributed by atoms with van der Waals surface area (Å²) in [6, 6.07) is 14.0. The van der Waals surface area contributed by atoms with Crippen LogP contribution < -0.4 is 15.4 Å². The third-order valence-electron chi connectivity index (χ3n) is 5.87. The van der Waals surface area contributed by atoms with Gasteiger partial charge in [-0.15, -0.1) is 0 Å². The van der Waals surface area contributed by atoms with E-state index < -0.39 is 35.9 Å². The number of carbonyl (C=O) groups excluding carboxylic acids is 1. The van der Waals surface area contributed by atoms with Crippen LogP contribution in [0.15, 0.2) is 54.6 Å². The molecule has 2 N–H and O–H groups in total. The molecule has 8 nitrogen and oxygen atoms in total. The van der Waals surface area contributed by atoms with E-state index in [2.05, 4.69) is 38.6 Å². The second-order valence-electron chi connectivity index (χ2n) is 10.5. The first-order valence-corrected chi connectivity index (χ1v) is 13.0. The summed E-state index contributed by atoms with van der Waals surface area (Å²) < 4.78 is 48.7. The van der Waals surface area contributed by atoms with E-state index in [1.165, 1.54) is 0 Å². The van der Waals surface area contributed by atoms with Crippen molar-refractivity contribution in [2.75, 3.05) is 17.2 Å². The third kappa shape index (κ3) is 8.17. The van der Waals surface area contributed by atoms with Crippen LogP contribution in [0.2, 0.25) is 0 Å². The maximum absolute atomic E-state index is 12.8. The number of anilines is 3. The molecule has 1 aromatic heterocycles. The molecule has 212 valence electrons. The molecule has 0 bridgehead atoms. The van der Waals surface area contributed by atoms with Gasteiger partial charge in [-0.2, -0.15) is 28.1 Å². The molecule has 0 aliphatic heterocycles. The second-order valence-corrected chi connectivity index (χ2v) is 10.5. The molecule has 2 aromatic carbocycles. The zero-order valence-corrected chi connectivity index (χ0v) is 22.8. The molecule has 0 radical (unpaired) electrons. The Balaban J connectivity index is 1.55. The van der Waals surface area contributed by atoms with E-state index in [4.69, 9.17) is 9.47 Å². The standard InChI is InChI=1S/C29H32F3N5O3/c1-5-6-7-19-8-12-21(13-9-19)28(16-17-28)37-25-34-24(35-26(36-25)39-18-29(30,31)32)33-22-14-10-20(11-15-22)23(38)40-27(2,3)4/h6-15H,5,16-18H2,1-4H3,(H2,33,34,35,36,37)/b7-6-.